The molecule has 2 rings (SSSR count). The molecule has 0 spiro atoms. The SMILES string of the molecule is Cc1nnc(CNCc2ccc(C#N)cc2)o1. The van der Waals surface area contributed by atoms with E-state index in [4.69, 9.17) is 9.68 Å². The third kappa shape index (κ3) is 3.13. The van der Waals surface area contributed by atoms with Crippen LogP contribution >= 0.6 is 0 Å². The zero-order valence-electron chi connectivity index (χ0n) is 9.47. The van der Waals surface area contributed by atoms with Crippen molar-refractivity contribution in [1.29, 1.82) is 5.26 Å². The number of rotatable bonds is 4. The molecular formula is C12H12N4O. The number of hydrogen-bond acceptors (Lipinski definition) is 5. The second-order valence-electron chi connectivity index (χ2n) is 3.63. The van der Waals surface area contributed by atoms with Gasteiger partial charge in [-0.3, -0.25) is 0 Å². The van der Waals surface area contributed by atoms with Crippen molar-refractivity contribution in [3.05, 3.63) is 47.2 Å². The van der Waals surface area contributed by atoms with Crippen LogP contribution in [0.2, 0.25) is 0 Å². The zero-order valence-corrected chi connectivity index (χ0v) is 9.47. The molecule has 0 aliphatic rings. The number of aromatic nitrogens is 2. The van der Waals surface area contributed by atoms with Crippen molar-refractivity contribution in [2.45, 2.75) is 20.0 Å². The first kappa shape index (κ1) is 11.3. The molecule has 5 nitrogen and oxygen atoms in total. The highest BCUT2D eigenvalue weighted by atomic mass is 16.4. The first-order valence-corrected chi connectivity index (χ1v) is 5.26. The molecule has 0 atom stereocenters. The molecule has 1 aromatic carbocycles. The van der Waals surface area contributed by atoms with E-state index in [1.54, 1.807) is 19.1 Å². The lowest BCUT2D eigenvalue weighted by Crippen LogP contribution is -2.12. The van der Waals surface area contributed by atoms with Crippen molar-refractivity contribution in [3.8, 4) is 6.07 Å². The predicted octanol–water partition coefficient (Wildman–Crippen LogP) is 1.54. The van der Waals surface area contributed by atoms with Gasteiger partial charge in [0.2, 0.25) is 11.8 Å². The molecule has 86 valence electrons. The molecule has 5 heteroatoms. The van der Waals surface area contributed by atoms with E-state index in [2.05, 4.69) is 21.6 Å². The van der Waals surface area contributed by atoms with Crippen LogP contribution in [0.3, 0.4) is 0 Å². The van der Waals surface area contributed by atoms with Gasteiger partial charge in [-0.05, 0) is 17.7 Å². The maximum atomic E-state index is 8.66. The summed E-state index contributed by atoms with van der Waals surface area (Å²) < 4.78 is 5.23. The summed E-state index contributed by atoms with van der Waals surface area (Å²) in [7, 11) is 0. The Bertz CT molecular complexity index is 524. The van der Waals surface area contributed by atoms with Gasteiger partial charge in [-0.2, -0.15) is 5.26 Å². The van der Waals surface area contributed by atoms with Crippen LogP contribution in [-0.2, 0) is 13.1 Å². The van der Waals surface area contributed by atoms with E-state index in [1.165, 1.54) is 0 Å². The summed E-state index contributed by atoms with van der Waals surface area (Å²) in [6, 6.07) is 9.53. The topological polar surface area (TPSA) is 74.7 Å². The van der Waals surface area contributed by atoms with Crippen LogP contribution < -0.4 is 5.32 Å². The molecule has 0 aliphatic heterocycles. The van der Waals surface area contributed by atoms with Gasteiger partial charge in [0.15, 0.2) is 0 Å². The first-order chi connectivity index (χ1) is 8.28. The van der Waals surface area contributed by atoms with Gasteiger partial charge >= 0.3 is 0 Å². The minimum absolute atomic E-state index is 0.543. The van der Waals surface area contributed by atoms with Crippen LogP contribution in [0.25, 0.3) is 0 Å². The largest absolute Gasteiger partial charge is 0.424 e. The van der Waals surface area contributed by atoms with Gasteiger partial charge in [-0.25, -0.2) is 0 Å². The van der Waals surface area contributed by atoms with E-state index in [1.807, 2.05) is 12.1 Å². The molecule has 17 heavy (non-hydrogen) atoms. The molecule has 0 bridgehead atoms. The molecule has 2 aromatic rings. The van der Waals surface area contributed by atoms with E-state index in [-0.39, 0.29) is 0 Å². The average Bonchev–Trinajstić information content (AvgIpc) is 2.76. The average molecular weight is 228 g/mol. The van der Waals surface area contributed by atoms with Crippen LogP contribution in [0.5, 0.6) is 0 Å². The first-order valence-electron chi connectivity index (χ1n) is 5.26. The number of nitriles is 1. The van der Waals surface area contributed by atoms with E-state index in [9.17, 15) is 0 Å². The highest BCUT2D eigenvalue weighted by Gasteiger charge is 2.01. The molecule has 0 unspecified atom stereocenters. The fraction of sp³-hybridized carbons (Fsp3) is 0.250. The summed E-state index contributed by atoms with van der Waals surface area (Å²) in [4.78, 5) is 0. The Morgan fingerprint density at radius 3 is 2.59 bits per heavy atom. The van der Waals surface area contributed by atoms with Gasteiger partial charge < -0.3 is 9.73 Å². The van der Waals surface area contributed by atoms with Gasteiger partial charge in [0, 0.05) is 13.5 Å². The Labute approximate surface area is 99.1 Å². The smallest absolute Gasteiger partial charge is 0.230 e. The number of nitrogens with one attached hydrogen (secondary N) is 1. The van der Waals surface area contributed by atoms with Crippen LogP contribution in [0.4, 0.5) is 0 Å². The molecule has 0 amide bonds. The molecule has 0 saturated carbocycles. The summed E-state index contributed by atoms with van der Waals surface area (Å²) in [5.41, 5.74) is 1.78. The lowest BCUT2D eigenvalue weighted by Gasteiger charge is -2.01. The third-order valence-electron chi connectivity index (χ3n) is 2.26. The zero-order chi connectivity index (χ0) is 12.1. The van der Waals surface area contributed by atoms with Crippen molar-refractivity contribution in [2.75, 3.05) is 0 Å². The number of benzene rings is 1. The van der Waals surface area contributed by atoms with Crippen molar-refractivity contribution >= 4 is 0 Å². The quantitative estimate of drug-likeness (QED) is 0.859. The minimum Gasteiger partial charge on any atom is -0.424 e. The standard InChI is InChI=1S/C12H12N4O/c1-9-15-16-12(17-9)8-14-7-11-4-2-10(6-13)3-5-11/h2-5,14H,7-8H2,1H3. The summed E-state index contributed by atoms with van der Waals surface area (Å²) in [6.45, 7) is 3.01. The molecule has 1 N–H and O–H groups in total. The number of aryl methyl sites for hydroxylation is 1. The van der Waals surface area contributed by atoms with Gasteiger partial charge in [0.1, 0.15) is 0 Å². The summed E-state index contributed by atoms with van der Waals surface area (Å²) in [5.74, 6) is 1.15. The van der Waals surface area contributed by atoms with Crippen molar-refractivity contribution in [2.24, 2.45) is 0 Å². The Hall–Kier alpha value is -2.19. The molecule has 0 aliphatic carbocycles. The van der Waals surface area contributed by atoms with E-state index in [0.717, 1.165) is 5.56 Å². The molecule has 1 aromatic heterocycles. The predicted molar refractivity (Wildman–Crippen MR) is 60.7 cm³/mol. The second-order valence-corrected chi connectivity index (χ2v) is 3.63. The summed E-state index contributed by atoms with van der Waals surface area (Å²) >= 11 is 0. The van der Waals surface area contributed by atoms with Gasteiger partial charge in [-0.1, -0.05) is 12.1 Å². The van der Waals surface area contributed by atoms with Crippen LogP contribution in [0, 0.1) is 18.3 Å². The lowest BCUT2D eigenvalue weighted by molar-refractivity contribution is 0.446. The van der Waals surface area contributed by atoms with E-state index in [0.29, 0.717) is 30.4 Å². The Kier molecular flexibility index (Phi) is 3.48. The van der Waals surface area contributed by atoms with Gasteiger partial charge in [-0.15, -0.1) is 10.2 Å². The Morgan fingerprint density at radius 1 is 1.24 bits per heavy atom. The Morgan fingerprint density at radius 2 is 2.00 bits per heavy atom. The maximum Gasteiger partial charge on any atom is 0.230 e. The molecule has 0 radical (unpaired) electrons. The van der Waals surface area contributed by atoms with Crippen LogP contribution in [-0.4, -0.2) is 10.2 Å². The summed E-state index contributed by atoms with van der Waals surface area (Å²) in [5, 5.41) is 19.5. The summed E-state index contributed by atoms with van der Waals surface area (Å²) in [6.07, 6.45) is 0. The molecule has 0 saturated heterocycles. The molecule has 1 heterocycles. The number of nitrogens with zero attached hydrogens (tertiary/aromatic N) is 3. The van der Waals surface area contributed by atoms with Gasteiger partial charge in [0.05, 0.1) is 18.2 Å². The van der Waals surface area contributed by atoms with E-state index >= 15 is 0 Å². The monoisotopic (exact) mass is 228 g/mol. The third-order valence-corrected chi connectivity index (χ3v) is 2.26. The fourth-order valence-corrected chi connectivity index (χ4v) is 1.42. The molecule has 0 fully saturated rings. The van der Waals surface area contributed by atoms with Crippen LogP contribution in [0.1, 0.15) is 22.9 Å². The highest BCUT2D eigenvalue weighted by Crippen LogP contribution is 2.03. The second kappa shape index (κ2) is 5.23. The van der Waals surface area contributed by atoms with E-state index < -0.39 is 0 Å². The van der Waals surface area contributed by atoms with Crippen LogP contribution in [0.15, 0.2) is 28.7 Å². The maximum absolute atomic E-state index is 8.66. The minimum atomic E-state index is 0.543. The highest BCUT2D eigenvalue weighted by molar-refractivity contribution is 5.31. The van der Waals surface area contributed by atoms with Crippen molar-refractivity contribution < 1.29 is 4.42 Å². The Balaban J connectivity index is 1.84. The fourth-order valence-electron chi connectivity index (χ4n) is 1.42. The van der Waals surface area contributed by atoms with Gasteiger partial charge in [0.25, 0.3) is 0 Å². The molecular weight excluding hydrogens is 216 g/mol. The lowest BCUT2D eigenvalue weighted by atomic mass is 10.1. The van der Waals surface area contributed by atoms with Crippen molar-refractivity contribution in [1.82, 2.24) is 15.5 Å². The van der Waals surface area contributed by atoms with Crippen molar-refractivity contribution in [3.63, 3.8) is 0 Å². The number of hydrogen-bond donors (Lipinski definition) is 1. The normalized spacial score (nSPS) is 10.1.